The van der Waals surface area contributed by atoms with E-state index in [0.717, 1.165) is 12.1 Å². The predicted octanol–water partition coefficient (Wildman–Crippen LogP) is -0.812. The molecule has 12 heteroatoms. The number of phenolic OH excluding ortho intramolecular Hbond substituents is 4. The van der Waals surface area contributed by atoms with E-state index in [2.05, 4.69) is 0 Å². The van der Waals surface area contributed by atoms with Crippen LogP contribution in [0.2, 0.25) is 0 Å². The van der Waals surface area contributed by atoms with Crippen LogP contribution in [0.5, 0.6) is 23.0 Å². The zero-order valence-corrected chi connectivity index (χ0v) is 14.9. The molecule has 0 saturated heterocycles. The van der Waals surface area contributed by atoms with E-state index in [1.165, 1.54) is 0 Å². The van der Waals surface area contributed by atoms with E-state index in [9.17, 15) is 50.4 Å². The molecule has 30 heavy (non-hydrogen) atoms. The molecule has 10 N–H and O–H groups in total. The lowest BCUT2D eigenvalue weighted by molar-refractivity contribution is -0.147. The highest BCUT2D eigenvalue weighted by Crippen LogP contribution is 2.43. The van der Waals surface area contributed by atoms with Crippen molar-refractivity contribution >= 4 is 11.9 Å². The first-order valence-electron chi connectivity index (χ1n) is 8.16. The molecule has 0 radical (unpaired) electrons. The van der Waals surface area contributed by atoms with E-state index < -0.39 is 81.6 Å². The summed E-state index contributed by atoms with van der Waals surface area (Å²) in [5.41, 5.74) is -2.19. The van der Waals surface area contributed by atoms with Gasteiger partial charge >= 0.3 is 11.9 Å². The molecule has 0 amide bonds. The van der Waals surface area contributed by atoms with Crippen molar-refractivity contribution in [2.75, 3.05) is 0 Å². The molecule has 0 bridgehead atoms. The predicted molar refractivity (Wildman–Crippen MR) is 94.8 cm³/mol. The number of benzene rings is 2. The minimum absolute atomic E-state index is 0.477. The molecule has 162 valence electrons. The number of carboxylic acid groups (broad SMARTS) is 2. The summed E-state index contributed by atoms with van der Waals surface area (Å²) in [4.78, 5) is 22.0. The van der Waals surface area contributed by atoms with Gasteiger partial charge in [0.1, 0.15) is 23.0 Å². The summed E-state index contributed by atoms with van der Waals surface area (Å²) in [6.07, 6.45) is -6.89. The molecule has 0 aliphatic carbocycles. The first-order valence-corrected chi connectivity index (χ1v) is 8.16. The van der Waals surface area contributed by atoms with Crippen molar-refractivity contribution in [1.29, 1.82) is 0 Å². The molecule has 2 unspecified atom stereocenters. The molecule has 0 aromatic heterocycles. The first-order chi connectivity index (χ1) is 13.9. The molecule has 0 heterocycles. The number of rotatable bonds is 7. The molecule has 0 saturated carbocycles. The van der Waals surface area contributed by atoms with Crippen molar-refractivity contribution in [2.24, 2.45) is 0 Å². The second-order valence-corrected chi connectivity index (χ2v) is 6.31. The molecular formula is C18H18O12. The fourth-order valence-electron chi connectivity index (χ4n) is 2.91. The average Bonchev–Trinajstić information content (AvgIpc) is 2.63. The van der Waals surface area contributed by atoms with Gasteiger partial charge in [-0.2, -0.15) is 0 Å². The lowest BCUT2D eigenvalue weighted by atomic mass is 9.86. The molecule has 2 aromatic rings. The van der Waals surface area contributed by atoms with Crippen molar-refractivity contribution in [3.05, 3.63) is 46.5 Å². The van der Waals surface area contributed by atoms with Gasteiger partial charge in [-0.3, -0.25) is 0 Å². The lowest BCUT2D eigenvalue weighted by Gasteiger charge is -2.24. The van der Waals surface area contributed by atoms with E-state index >= 15 is 0 Å². The van der Waals surface area contributed by atoms with Crippen molar-refractivity contribution in [3.8, 4) is 23.0 Å². The second-order valence-electron chi connectivity index (χ2n) is 6.31. The Labute approximate surface area is 167 Å². The topological polar surface area (TPSA) is 236 Å². The Bertz CT molecular complexity index is 908. The van der Waals surface area contributed by atoms with E-state index in [1.807, 2.05) is 0 Å². The average molecular weight is 426 g/mol. The van der Waals surface area contributed by atoms with Crippen molar-refractivity contribution in [3.63, 3.8) is 0 Å². The summed E-state index contributed by atoms with van der Waals surface area (Å²) in [7, 11) is 0. The number of carboxylic acids is 2. The van der Waals surface area contributed by atoms with E-state index in [0.29, 0.717) is 12.1 Å². The maximum Gasteiger partial charge on any atom is 0.337 e. The summed E-state index contributed by atoms with van der Waals surface area (Å²) in [5, 5.41) is 96.9. The van der Waals surface area contributed by atoms with Crippen LogP contribution < -0.4 is 0 Å². The smallest absolute Gasteiger partial charge is 0.337 e. The van der Waals surface area contributed by atoms with Crippen LogP contribution in [-0.2, 0) is 9.59 Å². The standard InChI is InChI=1S/C18H18O12/c19-9-3-11(21)7(14(23)17(27)28)1-5(9)13(16(25)26)6-2-8(15(24)18(29)30)12(22)4-10(6)20/h1-4,13-16,19-26H,(H,27,28)(H,29,30). The van der Waals surface area contributed by atoms with Crippen LogP contribution in [0.25, 0.3) is 0 Å². The van der Waals surface area contributed by atoms with Gasteiger partial charge in [0.05, 0.1) is 5.92 Å². The van der Waals surface area contributed by atoms with Crippen LogP contribution in [0, 0.1) is 0 Å². The summed E-state index contributed by atoms with van der Waals surface area (Å²) >= 11 is 0. The fourth-order valence-corrected chi connectivity index (χ4v) is 2.91. The number of aliphatic hydroxyl groups is 4. The Morgan fingerprint density at radius 3 is 1.13 bits per heavy atom. The van der Waals surface area contributed by atoms with Crippen LogP contribution in [0.4, 0.5) is 0 Å². The number of hydrogen-bond acceptors (Lipinski definition) is 10. The zero-order chi connectivity index (χ0) is 22.9. The van der Waals surface area contributed by atoms with Gasteiger partial charge in [-0.05, 0) is 12.1 Å². The molecule has 2 rings (SSSR count). The summed E-state index contributed by atoms with van der Waals surface area (Å²) in [5.74, 6) is -8.54. The lowest BCUT2D eigenvalue weighted by Crippen LogP contribution is -2.21. The molecule has 0 aliphatic rings. The van der Waals surface area contributed by atoms with Crippen molar-refractivity contribution < 1.29 is 60.7 Å². The number of hydrogen-bond donors (Lipinski definition) is 10. The molecule has 0 aliphatic heterocycles. The zero-order valence-electron chi connectivity index (χ0n) is 14.9. The molecule has 2 aromatic carbocycles. The van der Waals surface area contributed by atoms with Gasteiger partial charge in [-0.15, -0.1) is 0 Å². The highest BCUT2D eigenvalue weighted by molar-refractivity contribution is 5.76. The molecule has 0 fully saturated rings. The van der Waals surface area contributed by atoms with Crippen LogP contribution in [0.15, 0.2) is 24.3 Å². The molecule has 2 atom stereocenters. The van der Waals surface area contributed by atoms with Gasteiger partial charge in [-0.25, -0.2) is 9.59 Å². The Balaban J connectivity index is 2.75. The normalized spacial score (nSPS) is 14.3. The van der Waals surface area contributed by atoms with Crippen LogP contribution in [0.3, 0.4) is 0 Å². The largest absolute Gasteiger partial charge is 0.508 e. The van der Waals surface area contributed by atoms with Crippen LogP contribution >= 0.6 is 0 Å². The number of aliphatic carboxylic acids is 2. The van der Waals surface area contributed by atoms with Gasteiger partial charge in [0.2, 0.25) is 0 Å². The fraction of sp³-hybridized carbons (Fsp3) is 0.222. The molecule has 12 nitrogen and oxygen atoms in total. The Morgan fingerprint density at radius 2 is 0.867 bits per heavy atom. The highest BCUT2D eigenvalue weighted by atomic mass is 16.5. The minimum Gasteiger partial charge on any atom is -0.508 e. The van der Waals surface area contributed by atoms with E-state index in [-0.39, 0.29) is 0 Å². The maximum atomic E-state index is 11.0. The maximum absolute atomic E-state index is 11.0. The minimum atomic E-state index is -2.39. The number of aliphatic hydroxyl groups excluding tert-OH is 3. The second kappa shape index (κ2) is 8.42. The summed E-state index contributed by atoms with van der Waals surface area (Å²) in [6, 6.07) is 2.73. The summed E-state index contributed by atoms with van der Waals surface area (Å²) < 4.78 is 0. The Hall–Kier alpha value is -3.58. The van der Waals surface area contributed by atoms with Gasteiger partial charge in [-0.1, -0.05) is 0 Å². The van der Waals surface area contributed by atoms with Gasteiger partial charge in [0, 0.05) is 34.4 Å². The van der Waals surface area contributed by atoms with Crippen LogP contribution in [-0.4, -0.2) is 69.3 Å². The van der Waals surface area contributed by atoms with Crippen molar-refractivity contribution in [2.45, 2.75) is 24.4 Å². The van der Waals surface area contributed by atoms with Crippen molar-refractivity contribution in [1.82, 2.24) is 0 Å². The third-order valence-corrected chi connectivity index (χ3v) is 4.38. The summed E-state index contributed by atoms with van der Waals surface area (Å²) in [6.45, 7) is 0. The molecule has 0 spiro atoms. The number of aromatic hydroxyl groups is 4. The van der Waals surface area contributed by atoms with Gasteiger partial charge in [0.25, 0.3) is 0 Å². The van der Waals surface area contributed by atoms with E-state index in [1.54, 1.807) is 0 Å². The molecular weight excluding hydrogens is 408 g/mol. The third-order valence-electron chi connectivity index (χ3n) is 4.38. The Morgan fingerprint density at radius 1 is 0.567 bits per heavy atom. The third kappa shape index (κ3) is 4.21. The Kier molecular flexibility index (Phi) is 6.38. The quantitative estimate of drug-likeness (QED) is 0.245. The van der Waals surface area contributed by atoms with Gasteiger partial charge < -0.3 is 51.1 Å². The van der Waals surface area contributed by atoms with Gasteiger partial charge in [0.15, 0.2) is 18.5 Å². The number of carbonyl (C=O) groups is 2. The first kappa shape index (κ1) is 22.7. The van der Waals surface area contributed by atoms with E-state index in [4.69, 9.17) is 10.2 Å². The monoisotopic (exact) mass is 426 g/mol. The number of phenols is 4. The SMILES string of the molecule is O=C(O)C(O)c1cc(C(c2cc(C(O)C(=O)O)c(O)cc2O)C(O)O)c(O)cc1O. The highest BCUT2D eigenvalue weighted by Gasteiger charge is 2.32. The van der Waals surface area contributed by atoms with Crippen LogP contribution in [0.1, 0.15) is 40.4 Å².